The summed E-state index contributed by atoms with van der Waals surface area (Å²) in [4.78, 5) is 12.6. The van der Waals surface area contributed by atoms with Gasteiger partial charge < -0.3 is 10.1 Å². The zero-order valence-electron chi connectivity index (χ0n) is 16.9. The number of hydrogen-bond acceptors (Lipinski definition) is 4. The van der Waals surface area contributed by atoms with Crippen molar-refractivity contribution in [3.8, 4) is 5.75 Å². The normalized spacial score (nSPS) is 11.0. The largest absolute Gasteiger partial charge is 0.494 e. The molecule has 3 rings (SSSR count). The first-order valence-corrected chi connectivity index (χ1v) is 11.2. The maximum atomic E-state index is 12.6. The summed E-state index contributed by atoms with van der Waals surface area (Å²) in [7, 11) is -3.77. The number of benzene rings is 3. The Balaban J connectivity index is 1.71. The summed E-state index contributed by atoms with van der Waals surface area (Å²) >= 11 is 0. The molecule has 1 amide bonds. The molecule has 0 saturated carbocycles. The Bertz CT molecular complexity index is 1110. The molecule has 7 heteroatoms. The number of ether oxygens (including phenoxy) is 1. The molecule has 0 fully saturated rings. The number of aryl methyl sites for hydroxylation is 1. The Morgan fingerprint density at radius 2 is 1.57 bits per heavy atom. The van der Waals surface area contributed by atoms with Crippen LogP contribution in [0.5, 0.6) is 5.75 Å². The topological polar surface area (TPSA) is 84.5 Å². The lowest BCUT2D eigenvalue weighted by Gasteiger charge is -2.11. The molecule has 0 bridgehead atoms. The summed E-state index contributed by atoms with van der Waals surface area (Å²) in [6, 6.07) is 20.1. The van der Waals surface area contributed by atoms with Gasteiger partial charge >= 0.3 is 0 Å². The quantitative estimate of drug-likeness (QED) is 0.549. The van der Waals surface area contributed by atoms with Crippen molar-refractivity contribution in [3.05, 3.63) is 83.9 Å². The summed E-state index contributed by atoms with van der Waals surface area (Å²) in [5.41, 5.74) is 2.58. The zero-order valence-corrected chi connectivity index (χ0v) is 17.7. The van der Waals surface area contributed by atoms with Crippen LogP contribution in [-0.2, 0) is 16.4 Å². The van der Waals surface area contributed by atoms with Crippen molar-refractivity contribution in [2.75, 3.05) is 16.6 Å². The molecule has 6 nitrogen and oxygen atoms in total. The van der Waals surface area contributed by atoms with E-state index in [0.29, 0.717) is 23.6 Å². The van der Waals surface area contributed by atoms with E-state index in [4.69, 9.17) is 4.74 Å². The van der Waals surface area contributed by atoms with Gasteiger partial charge in [-0.25, -0.2) is 8.42 Å². The highest BCUT2D eigenvalue weighted by Crippen LogP contribution is 2.21. The van der Waals surface area contributed by atoms with Gasteiger partial charge in [-0.05, 0) is 73.5 Å². The van der Waals surface area contributed by atoms with E-state index in [2.05, 4.69) is 10.0 Å². The number of carbonyl (C=O) groups excluding carboxylic acids is 1. The monoisotopic (exact) mass is 424 g/mol. The third-order valence-corrected chi connectivity index (χ3v) is 5.89. The minimum absolute atomic E-state index is 0.0712. The van der Waals surface area contributed by atoms with E-state index < -0.39 is 10.0 Å². The molecule has 156 valence electrons. The number of anilines is 2. The van der Waals surface area contributed by atoms with Crippen molar-refractivity contribution < 1.29 is 17.9 Å². The van der Waals surface area contributed by atoms with Crippen molar-refractivity contribution >= 4 is 27.3 Å². The van der Waals surface area contributed by atoms with Crippen LogP contribution in [0.15, 0.2) is 77.7 Å². The van der Waals surface area contributed by atoms with E-state index in [1.54, 1.807) is 24.3 Å². The second-order valence-electron chi connectivity index (χ2n) is 6.55. The third-order valence-electron chi connectivity index (χ3n) is 4.49. The molecule has 0 aliphatic heterocycles. The van der Waals surface area contributed by atoms with Gasteiger partial charge in [0.05, 0.1) is 11.5 Å². The SMILES string of the molecule is CCOc1ccc(NS(=O)(=O)c2ccc(C(=O)Nc3ccccc3CC)cc2)cc1. The van der Waals surface area contributed by atoms with E-state index in [0.717, 1.165) is 17.7 Å². The van der Waals surface area contributed by atoms with Crippen LogP contribution < -0.4 is 14.8 Å². The molecule has 0 aliphatic rings. The van der Waals surface area contributed by atoms with Crippen LogP contribution in [0.2, 0.25) is 0 Å². The predicted octanol–water partition coefficient (Wildman–Crippen LogP) is 4.70. The molecular weight excluding hydrogens is 400 g/mol. The molecule has 30 heavy (non-hydrogen) atoms. The van der Waals surface area contributed by atoms with Gasteiger partial charge in [-0.15, -0.1) is 0 Å². The molecule has 3 aromatic rings. The molecule has 3 aromatic carbocycles. The first-order chi connectivity index (χ1) is 14.4. The van der Waals surface area contributed by atoms with Crippen LogP contribution in [0, 0.1) is 0 Å². The summed E-state index contributed by atoms with van der Waals surface area (Å²) in [6.07, 6.45) is 0.796. The van der Waals surface area contributed by atoms with Crippen molar-refractivity contribution in [2.24, 2.45) is 0 Å². The molecule has 0 atom stereocenters. The Labute approximate surface area is 177 Å². The van der Waals surface area contributed by atoms with Crippen LogP contribution in [-0.4, -0.2) is 20.9 Å². The van der Waals surface area contributed by atoms with Gasteiger partial charge in [0.15, 0.2) is 0 Å². The average Bonchev–Trinajstić information content (AvgIpc) is 2.75. The first-order valence-electron chi connectivity index (χ1n) is 9.68. The standard InChI is InChI=1S/C23H24N2O4S/c1-3-17-7-5-6-8-22(17)24-23(26)18-9-15-21(16-10-18)30(27,28)25-19-11-13-20(14-12-19)29-4-2/h5-16,25H,3-4H2,1-2H3,(H,24,26). The maximum absolute atomic E-state index is 12.6. The van der Waals surface area contributed by atoms with Crippen molar-refractivity contribution in [2.45, 2.75) is 25.2 Å². The minimum Gasteiger partial charge on any atom is -0.494 e. The highest BCUT2D eigenvalue weighted by atomic mass is 32.2. The fourth-order valence-corrected chi connectivity index (χ4v) is 3.99. The number of nitrogens with one attached hydrogen (secondary N) is 2. The summed E-state index contributed by atoms with van der Waals surface area (Å²) in [5, 5.41) is 2.88. The van der Waals surface area contributed by atoms with Gasteiger partial charge in [-0.3, -0.25) is 9.52 Å². The fraction of sp³-hybridized carbons (Fsp3) is 0.174. The second kappa shape index (κ2) is 9.45. The number of amides is 1. The third kappa shape index (κ3) is 5.18. The van der Waals surface area contributed by atoms with E-state index in [1.807, 2.05) is 38.1 Å². The molecular formula is C23H24N2O4S. The molecule has 0 saturated heterocycles. The second-order valence-corrected chi connectivity index (χ2v) is 8.23. The maximum Gasteiger partial charge on any atom is 0.261 e. The van der Waals surface area contributed by atoms with Crippen LogP contribution >= 0.6 is 0 Å². The molecule has 0 aliphatic carbocycles. The molecule has 2 N–H and O–H groups in total. The lowest BCUT2D eigenvalue weighted by molar-refractivity contribution is 0.102. The number of hydrogen-bond donors (Lipinski definition) is 2. The van der Waals surface area contributed by atoms with Crippen molar-refractivity contribution in [1.29, 1.82) is 0 Å². The van der Waals surface area contributed by atoms with Crippen molar-refractivity contribution in [3.63, 3.8) is 0 Å². The Hall–Kier alpha value is -3.32. The molecule has 0 aromatic heterocycles. The molecule has 0 heterocycles. The van der Waals surface area contributed by atoms with Gasteiger partial charge in [-0.1, -0.05) is 25.1 Å². The lowest BCUT2D eigenvalue weighted by Crippen LogP contribution is -2.15. The summed E-state index contributed by atoms with van der Waals surface area (Å²) in [5.74, 6) is 0.375. The van der Waals surface area contributed by atoms with E-state index in [9.17, 15) is 13.2 Å². The van der Waals surface area contributed by atoms with Gasteiger partial charge in [0.1, 0.15) is 5.75 Å². The minimum atomic E-state index is -3.77. The molecule has 0 unspecified atom stereocenters. The number of carbonyl (C=O) groups is 1. The highest BCUT2D eigenvalue weighted by Gasteiger charge is 2.16. The van der Waals surface area contributed by atoms with Crippen LogP contribution in [0.1, 0.15) is 29.8 Å². The van der Waals surface area contributed by atoms with Gasteiger partial charge in [0, 0.05) is 16.9 Å². The van der Waals surface area contributed by atoms with E-state index in [-0.39, 0.29) is 10.8 Å². The Kier molecular flexibility index (Phi) is 6.74. The van der Waals surface area contributed by atoms with Crippen molar-refractivity contribution in [1.82, 2.24) is 0 Å². The number of rotatable bonds is 8. The van der Waals surface area contributed by atoms with Crippen LogP contribution in [0.3, 0.4) is 0 Å². The lowest BCUT2D eigenvalue weighted by atomic mass is 10.1. The summed E-state index contributed by atoms with van der Waals surface area (Å²) < 4.78 is 33.1. The average molecular weight is 425 g/mol. The van der Waals surface area contributed by atoms with E-state index in [1.165, 1.54) is 24.3 Å². The van der Waals surface area contributed by atoms with E-state index >= 15 is 0 Å². The Morgan fingerprint density at radius 1 is 0.900 bits per heavy atom. The van der Waals surface area contributed by atoms with Gasteiger partial charge in [-0.2, -0.15) is 0 Å². The predicted molar refractivity (Wildman–Crippen MR) is 119 cm³/mol. The van der Waals surface area contributed by atoms with Crippen LogP contribution in [0.4, 0.5) is 11.4 Å². The fourth-order valence-electron chi connectivity index (χ4n) is 2.93. The highest BCUT2D eigenvalue weighted by molar-refractivity contribution is 7.92. The van der Waals surface area contributed by atoms with Gasteiger partial charge in [0.2, 0.25) is 0 Å². The number of para-hydroxylation sites is 1. The molecule has 0 spiro atoms. The Morgan fingerprint density at radius 3 is 2.20 bits per heavy atom. The number of sulfonamides is 1. The first kappa shape index (κ1) is 21.4. The van der Waals surface area contributed by atoms with Crippen LogP contribution in [0.25, 0.3) is 0 Å². The smallest absolute Gasteiger partial charge is 0.261 e. The van der Waals surface area contributed by atoms with Gasteiger partial charge in [0.25, 0.3) is 15.9 Å². The summed E-state index contributed by atoms with van der Waals surface area (Å²) in [6.45, 7) is 4.43. The molecule has 0 radical (unpaired) electrons. The zero-order chi connectivity index (χ0) is 21.6.